The first kappa shape index (κ1) is 12.9. The van der Waals surface area contributed by atoms with Gasteiger partial charge in [0.15, 0.2) is 0 Å². The van der Waals surface area contributed by atoms with E-state index in [9.17, 15) is 5.11 Å². The van der Waals surface area contributed by atoms with Crippen LogP contribution in [0.15, 0.2) is 18.2 Å². The fourth-order valence-electron chi connectivity index (χ4n) is 3.13. The summed E-state index contributed by atoms with van der Waals surface area (Å²) in [7, 11) is 0. The first-order valence-corrected chi connectivity index (χ1v) is 7.27. The lowest BCUT2D eigenvalue weighted by atomic mass is 9.85. The molecular weight excluding hydrogens is 240 g/mol. The standard InChI is InChI=1S/C16H22O3/c1-16(9-2-3-11-19-16)15(17)13-8-4-6-12-7-5-10-18-14(12)13/h4,6,8,15,17H,2-3,5,7,9-11H2,1H3. The highest BCUT2D eigenvalue weighted by Gasteiger charge is 2.38. The van der Waals surface area contributed by atoms with Crippen molar-refractivity contribution in [2.45, 2.75) is 50.7 Å². The number of para-hydroxylation sites is 1. The Balaban J connectivity index is 1.93. The van der Waals surface area contributed by atoms with E-state index in [1.54, 1.807) is 0 Å². The van der Waals surface area contributed by atoms with E-state index in [0.29, 0.717) is 0 Å². The second kappa shape index (κ2) is 5.14. The summed E-state index contributed by atoms with van der Waals surface area (Å²) in [5.41, 5.74) is 1.62. The molecule has 2 heterocycles. The van der Waals surface area contributed by atoms with Gasteiger partial charge in [0, 0.05) is 12.2 Å². The average molecular weight is 262 g/mol. The fraction of sp³-hybridized carbons (Fsp3) is 0.625. The predicted molar refractivity (Wildman–Crippen MR) is 73.4 cm³/mol. The summed E-state index contributed by atoms with van der Waals surface area (Å²) in [6.45, 7) is 3.50. The molecule has 1 aromatic carbocycles. The number of fused-ring (bicyclic) bond motifs is 1. The Labute approximate surface area is 114 Å². The van der Waals surface area contributed by atoms with E-state index in [1.807, 2.05) is 19.1 Å². The van der Waals surface area contributed by atoms with Crippen LogP contribution < -0.4 is 4.74 Å². The van der Waals surface area contributed by atoms with Crippen LogP contribution in [0, 0.1) is 0 Å². The summed E-state index contributed by atoms with van der Waals surface area (Å²) in [5.74, 6) is 0.886. The zero-order valence-corrected chi connectivity index (χ0v) is 11.5. The van der Waals surface area contributed by atoms with E-state index < -0.39 is 11.7 Å². The normalized spacial score (nSPS) is 28.3. The van der Waals surface area contributed by atoms with Gasteiger partial charge in [-0.3, -0.25) is 0 Å². The van der Waals surface area contributed by atoms with E-state index >= 15 is 0 Å². The summed E-state index contributed by atoms with van der Waals surface area (Å²) in [5, 5.41) is 10.8. The number of rotatable bonds is 2. The molecule has 0 amide bonds. The molecule has 2 atom stereocenters. The number of hydrogen-bond acceptors (Lipinski definition) is 3. The summed E-state index contributed by atoms with van der Waals surface area (Å²) < 4.78 is 11.7. The summed E-state index contributed by atoms with van der Waals surface area (Å²) in [4.78, 5) is 0. The smallest absolute Gasteiger partial charge is 0.128 e. The van der Waals surface area contributed by atoms with Gasteiger partial charge in [0.25, 0.3) is 0 Å². The second-order valence-electron chi connectivity index (χ2n) is 5.81. The van der Waals surface area contributed by atoms with E-state index in [-0.39, 0.29) is 0 Å². The van der Waals surface area contributed by atoms with Crippen molar-refractivity contribution in [1.29, 1.82) is 0 Å². The molecule has 0 radical (unpaired) electrons. The first-order chi connectivity index (χ1) is 9.21. The van der Waals surface area contributed by atoms with Gasteiger partial charge in [-0.2, -0.15) is 0 Å². The molecule has 3 nitrogen and oxygen atoms in total. The van der Waals surface area contributed by atoms with E-state index in [0.717, 1.165) is 56.6 Å². The van der Waals surface area contributed by atoms with Gasteiger partial charge in [-0.15, -0.1) is 0 Å². The number of aliphatic hydroxyl groups is 1. The minimum atomic E-state index is -0.610. The van der Waals surface area contributed by atoms with Crippen molar-refractivity contribution in [2.24, 2.45) is 0 Å². The average Bonchev–Trinajstić information content (AvgIpc) is 2.47. The summed E-state index contributed by atoms with van der Waals surface area (Å²) >= 11 is 0. The van der Waals surface area contributed by atoms with Crippen LogP contribution in [-0.2, 0) is 11.2 Å². The van der Waals surface area contributed by atoms with Crippen LogP contribution in [0.3, 0.4) is 0 Å². The van der Waals surface area contributed by atoms with Crippen molar-refractivity contribution in [3.05, 3.63) is 29.3 Å². The third-order valence-corrected chi connectivity index (χ3v) is 4.34. The molecule has 104 valence electrons. The molecule has 0 aliphatic carbocycles. The number of aryl methyl sites for hydroxylation is 1. The van der Waals surface area contributed by atoms with Crippen LogP contribution >= 0.6 is 0 Å². The van der Waals surface area contributed by atoms with Gasteiger partial charge in [-0.1, -0.05) is 18.2 Å². The highest BCUT2D eigenvalue weighted by molar-refractivity contribution is 5.44. The molecule has 1 aromatic rings. The zero-order valence-electron chi connectivity index (χ0n) is 11.5. The van der Waals surface area contributed by atoms with Crippen LogP contribution in [-0.4, -0.2) is 23.9 Å². The summed E-state index contributed by atoms with van der Waals surface area (Å²) in [6.07, 6.45) is 4.58. The molecule has 0 bridgehead atoms. The Morgan fingerprint density at radius 1 is 1.21 bits per heavy atom. The molecule has 2 aliphatic rings. The van der Waals surface area contributed by atoms with Crippen LogP contribution in [0.4, 0.5) is 0 Å². The van der Waals surface area contributed by atoms with Crippen LogP contribution in [0.1, 0.15) is 49.8 Å². The molecule has 0 saturated carbocycles. The van der Waals surface area contributed by atoms with Crippen LogP contribution in [0.2, 0.25) is 0 Å². The van der Waals surface area contributed by atoms with Crippen molar-refractivity contribution in [3.63, 3.8) is 0 Å². The quantitative estimate of drug-likeness (QED) is 0.890. The maximum atomic E-state index is 10.8. The predicted octanol–water partition coefficient (Wildman–Crippen LogP) is 3.00. The van der Waals surface area contributed by atoms with Crippen molar-refractivity contribution in [1.82, 2.24) is 0 Å². The molecule has 0 aromatic heterocycles. The Morgan fingerprint density at radius 2 is 2.11 bits per heavy atom. The number of aliphatic hydroxyl groups excluding tert-OH is 1. The minimum Gasteiger partial charge on any atom is -0.493 e. The molecule has 1 N–H and O–H groups in total. The third-order valence-electron chi connectivity index (χ3n) is 4.34. The number of hydrogen-bond donors (Lipinski definition) is 1. The Hall–Kier alpha value is -1.06. The first-order valence-electron chi connectivity index (χ1n) is 7.27. The van der Waals surface area contributed by atoms with Gasteiger partial charge in [0.2, 0.25) is 0 Å². The molecule has 3 rings (SSSR count). The maximum Gasteiger partial charge on any atom is 0.128 e. The van der Waals surface area contributed by atoms with Crippen molar-refractivity contribution < 1.29 is 14.6 Å². The number of benzene rings is 1. The van der Waals surface area contributed by atoms with Crippen molar-refractivity contribution in [2.75, 3.05) is 13.2 Å². The lowest BCUT2D eigenvalue weighted by Crippen LogP contribution is -2.39. The largest absolute Gasteiger partial charge is 0.493 e. The van der Waals surface area contributed by atoms with E-state index in [4.69, 9.17) is 9.47 Å². The SMILES string of the molecule is CC1(C(O)c2cccc3c2OCCC3)CCCCO1. The molecular formula is C16H22O3. The number of ether oxygens (including phenoxy) is 2. The van der Waals surface area contributed by atoms with Gasteiger partial charge in [0.1, 0.15) is 11.9 Å². The van der Waals surface area contributed by atoms with Gasteiger partial charge < -0.3 is 14.6 Å². The molecule has 1 saturated heterocycles. The fourth-order valence-corrected chi connectivity index (χ4v) is 3.13. The third kappa shape index (κ3) is 2.37. The maximum absolute atomic E-state index is 10.8. The van der Waals surface area contributed by atoms with Crippen LogP contribution in [0.25, 0.3) is 0 Å². The summed E-state index contributed by atoms with van der Waals surface area (Å²) in [6, 6.07) is 6.07. The Morgan fingerprint density at radius 3 is 2.89 bits per heavy atom. The van der Waals surface area contributed by atoms with Gasteiger partial charge in [-0.05, 0) is 44.6 Å². The van der Waals surface area contributed by atoms with E-state index in [1.165, 1.54) is 5.56 Å². The highest BCUT2D eigenvalue weighted by Crippen LogP contribution is 2.41. The second-order valence-corrected chi connectivity index (χ2v) is 5.81. The molecule has 2 unspecified atom stereocenters. The van der Waals surface area contributed by atoms with Crippen LogP contribution in [0.5, 0.6) is 5.75 Å². The van der Waals surface area contributed by atoms with Crippen molar-refractivity contribution in [3.8, 4) is 5.75 Å². The monoisotopic (exact) mass is 262 g/mol. The minimum absolute atomic E-state index is 0.478. The zero-order chi connectivity index (χ0) is 13.3. The molecule has 19 heavy (non-hydrogen) atoms. The molecule has 3 heteroatoms. The molecule has 1 fully saturated rings. The lowest BCUT2D eigenvalue weighted by Gasteiger charge is -2.39. The topological polar surface area (TPSA) is 38.7 Å². The Kier molecular flexibility index (Phi) is 3.50. The highest BCUT2D eigenvalue weighted by atomic mass is 16.5. The lowest BCUT2D eigenvalue weighted by molar-refractivity contribution is -0.138. The van der Waals surface area contributed by atoms with Crippen molar-refractivity contribution >= 4 is 0 Å². The van der Waals surface area contributed by atoms with Gasteiger partial charge in [-0.25, -0.2) is 0 Å². The molecule has 0 spiro atoms. The Bertz CT molecular complexity index is 449. The van der Waals surface area contributed by atoms with Gasteiger partial charge >= 0.3 is 0 Å². The van der Waals surface area contributed by atoms with E-state index in [2.05, 4.69) is 6.07 Å². The molecule has 2 aliphatic heterocycles. The van der Waals surface area contributed by atoms with Gasteiger partial charge in [0.05, 0.1) is 12.2 Å².